The van der Waals surface area contributed by atoms with Gasteiger partial charge >= 0.3 is 0 Å². The van der Waals surface area contributed by atoms with Crippen LogP contribution in [0.15, 0.2) is 0 Å². The third-order valence-corrected chi connectivity index (χ3v) is 2.19. The lowest BCUT2D eigenvalue weighted by Gasteiger charge is -2.18. The first kappa shape index (κ1) is 7.07. The SMILES string of the molecule is CCC[C@@H]1CCCC[NH2+]1. The molecule has 1 rings (SSSR count). The van der Waals surface area contributed by atoms with E-state index < -0.39 is 0 Å². The Morgan fingerprint density at radius 2 is 2.33 bits per heavy atom. The Morgan fingerprint density at radius 1 is 1.44 bits per heavy atom. The van der Waals surface area contributed by atoms with Gasteiger partial charge in [-0.25, -0.2) is 0 Å². The summed E-state index contributed by atoms with van der Waals surface area (Å²) in [5, 5.41) is 2.52. The maximum absolute atomic E-state index is 2.52. The molecule has 0 aliphatic carbocycles. The highest BCUT2D eigenvalue weighted by molar-refractivity contribution is 4.57. The van der Waals surface area contributed by atoms with Gasteiger partial charge in [-0.1, -0.05) is 13.3 Å². The zero-order valence-electron chi connectivity index (χ0n) is 6.40. The van der Waals surface area contributed by atoms with E-state index in [9.17, 15) is 0 Å². The molecule has 1 aliphatic heterocycles. The molecule has 0 bridgehead atoms. The fourth-order valence-electron chi connectivity index (χ4n) is 1.66. The summed E-state index contributed by atoms with van der Waals surface area (Å²) in [6.07, 6.45) is 7.18. The maximum atomic E-state index is 2.52. The second-order valence-electron chi connectivity index (χ2n) is 3.07. The summed E-state index contributed by atoms with van der Waals surface area (Å²) in [7, 11) is 0. The molecule has 0 radical (unpaired) electrons. The van der Waals surface area contributed by atoms with Crippen molar-refractivity contribution in [1.82, 2.24) is 0 Å². The molecule has 1 heterocycles. The van der Waals surface area contributed by atoms with Gasteiger partial charge in [0.25, 0.3) is 0 Å². The van der Waals surface area contributed by atoms with Gasteiger partial charge in [0.1, 0.15) is 0 Å². The van der Waals surface area contributed by atoms with Crippen molar-refractivity contribution in [3.63, 3.8) is 0 Å². The zero-order chi connectivity index (χ0) is 6.53. The Kier molecular flexibility index (Phi) is 3.05. The van der Waals surface area contributed by atoms with Crippen molar-refractivity contribution < 1.29 is 5.32 Å². The van der Waals surface area contributed by atoms with E-state index in [4.69, 9.17) is 0 Å². The van der Waals surface area contributed by atoms with Crippen LogP contribution >= 0.6 is 0 Å². The highest BCUT2D eigenvalue weighted by Crippen LogP contribution is 2.05. The molecule has 0 unspecified atom stereocenters. The van der Waals surface area contributed by atoms with Gasteiger partial charge in [0.05, 0.1) is 12.6 Å². The van der Waals surface area contributed by atoms with Crippen molar-refractivity contribution in [1.29, 1.82) is 0 Å². The highest BCUT2D eigenvalue weighted by Gasteiger charge is 2.13. The highest BCUT2D eigenvalue weighted by atomic mass is 14.9. The standard InChI is InChI=1S/C8H17N/c1-2-5-8-6-3-4-7-9-8/h8-9H,2-7H2,1H3/p+1/t8-/m1/s1. The lowest BCUT2D eigenvalue weighted by atomic mass is 10.0. The van der Waals surface area contributed by atoms with E-state index in [0.717, 1.165) is 6.04 Å². The van der Waals surface area contributed by atoms with Crippen LogP contribution in [-0.2, 0) is 0 Å². The van der Waals surface area contributed by atoms with E-state index in [1.165, 1.54) is 38.6 Å². The topological polar surface area (TPSA) is 16.6 Å². The molecule has 0 aromatic carbocycles. The van der Waals surface area contributed by atoms with E-state index in [0.29, 0.717) is 0 Å². The molecule has 1 atom stereocenters. The summed E-state index contributed by atoms with van der Waals surface area (Å²) >= 11 is 0. The van der Waals surface area contributed by atoms with Crippen LogP contribution in [0.1, 0.15) is 39.0 Å². The summed E-state index contributed by atoms with van der Waals surface area (Å²) in [4.78, 5) is 0. The van der Waals surface area contributed by atoms with Crippen molar-refractivity contribution in [2.45, 2.75) is 45.1 Å². The number of piperidine rings is 1. The number of hydrogen-bond acceptors (Lipinski definition) is 0. The van der Waals surface area contributed by atoms with Gasteiger partial charge in [0, 0.05) is 0 Å². The Balaban J connectivity index is 2.08. The van der Waals surface area contributed by atoms with Crippen molar-refractivity contribution >= 4 is 0 Å². The van der Waals surface area contributed by atoms with Crippen LogP contribution < -0.4 is 5.32 Å². The minimum absolute atomic E-state index is 0.976. The van der Waals surface area contributed by atoms with E-state index in [-0.39, 0.29) is 0 Å². The van der Waals surface area contributed by atoms with E-state index in [2.05, 4.69) is 12.2 Å². The second kappa shape index (κ2) is 3.89. The van der Waals surface area contributed by atoms with Crippen LogP contribution in [0.3, 0.4) is 0 Å². The van der Waals surface area contributed by atoms with Crippen LogP contribution in [0.5, 0.6) is 0 Å². The Morgan fingerprint density at radius 3 is 2.89 bits per heavy atom. The maximum Gasteiger partial charge on any atom is 0.0859 e. The average molecular weight is 128 g/mol. The molecule has 1 aliphatic rings. The average Bonchev–Trinajstić information content (AvgIpc) is 1.91. The molecule has 0 aromatic heterocycles. The molecule has 0 saturated carbocycles. The summed E-state index contributed by atoms with van der Waals surface area (Å²) in [5.41, 5.74) is 0. The second-order valence-corrected chi connectivity index (χ2v) is 3.07. The van der Waals surface area contributed by atoms with Crippen molar-refractivity contribution in [3.05, 3.63) is 0 Å². The minimum Gasteiger partial charge on any atom is -0.344 e. The summed E-state index contributed by atoms with van der Waals surface area (Å²) in [6.45, 7) is 3.66. The largest absolute Gasteiger partial charge is 0.344 e. The Bertz CT molecular complexity index is 62.2. The van der Waals surface area contributed by atoms with Gasteiger partial charge in [0.2, 0.25) is 0 Å². The van der Waals surface area contributed by atoms with Gasteiger partial charge in [0.15, 0.2) is 0 Å². The molecule has 9 heavy (non-hydrogen) atoms. The van der Waals surface area contributed by atoms with Gasteiger partial charge in [-0.3, -0.25) is 0 Å². The van der Waals surface area contributed by atoms with Gasteiger partial charge < -0.3 is 5.32 Å². The normalized spacial score (nSPS) is 28.3. The lowest BCUT2D eigenvalue weighted by Crippen LogP contribution is -2.91. The number of quaternary nitrogens is 1. The van der Waals surface area contributed by atoms with Crippen molar-refractivity contribution in [2.75, 3.05) is 6.54 Å². The Hall–Kier alpha value is -0.0400. The predicted molar refractivity (Wildman–Crippen MR) is 39.3 cm³/mol. The molecule has 1 nitrogen and oxygen atoms in total. The third-order valence-electron chi connectivity index (χ3n) is 2.19. The van der Waals surface area contributed by atoms with E-state index in [1.54, 1.807) is 0 Å². The molecule has 1 fully saturated rings. The number of hydrogen-bond donors (Lipinski definition) is 1. The van der Waals surface area contributed by atoms with Crippen LogP contribution in [0.2, 0.25) is 0 Å². The summed E-state index contributed by atoms with van der Waals surface area (Å²) < 4.78 is 0. The first-order chi connectivity index (χ1) is 4.43. The van der Waals surface area contributed by atoms with Gasteiger partial charge in [-0.05, 0) is 25.7 Å². The smallest absolute Gasteiger partial charge is 0.0859 e. The van der Waals surface area contributed by atoms with Crippen molar-refractivity contribution in [3.8, 4) is 0 Å². The summed E-state index contributed by atoms with van der Waals surface area (Å²) in [6, 6.07) is 0.976. The predicted octanol–water partition coefficient (Wildman–Crippen LogP) is 0.902. The molecule has 2 N–H and O–H groups in total. The first-order valence-corrected chi connectivity index (χ1v) is 4.27. The van der Waals surface area contributed by atoms with Crippen molar-refractivity contribution in [2.24, 2.45) is 0 Å². The van der Waals surface area contributed by atoms with E-state index >= 15 is 0 Å². The number of rotatable bonds is 2. The summed E-state index contributed by atoms with van der Waals surface area (Å²) in [5.74, 6) is 0. The fourth-order valence-corrected chi connectivity index (χ4v) is 1.66. The molecule has 0 spiro atoms. The first-order valence-electron chi connectivity index (χ1n) is 4.27. The number of nitrogens with two attached hydrogens (primary N) is 1. The quantitative estimate of drug-likeness (QED) is 0.569. The fraction of sp³-hybridized carbons (Fsp3) is 1.00. The van der Waals surface area contributed by atoms with Crippen LogP contribution in [0.4, 0.5) is 0 Å². The zero-order valence-corrected chi connectivity index (χ0v) is 6.40. The molecular formula is C8H18N+. The molecule has 1 heteroatoms. The minimum atomic E-state index is 0.976. The van der Waals surface area contributed by atoms with Crippen LogP contribution in [-0.4, -0.2) is 12.6 Å². The molecule has 1 saturated heterocycles. The third kappa shape index (κ3) is 2.35. The molecular weight excluding hydrogens is 110 g/mol. The van der Waals surface area contributed by atoms with Gasteiger partial charge in [-0.2, -0.15) is 0 Å². The lowest BCUT2D eigenvalue weighted by molar-refractivity contribution is -0.697. The van der Waals surface area contributed by atoms with E-state index in [1.807, 2.05) is 0 Å². The molecule has 54 valence electrons. The van der Waals surface area contributed by atoms with Gasteiger partial charge in [-0.15, -0.1) is 0 Å². The Labute approximate surface area is 57.8 Å². The molecule has 0 aromatic rings. The van der Waals surface area contributed by atoms with Crippen LogP contribution in [0.25, 0.3) is 0 Å². The molecule has 0 amide bonds. The monoisotopic (exact) mass is 128 g/mol. The van der Waals surface area contributed by atoms with Crippen LogP contribution in [0, 0.1) is 0 Å².